The molecule has 0 aliphatic carbocycles. The van der Waals surface area contributed by atoms with E-state index in [4.69, 9.17) is 5.73 Å². The number of nitrogen functional groups attached to an aromatic ring is 1. The van der Waals surface area contributed by atoms with Gasteiger partial charge in [-0.1, -0.05) is 15.9 Å². The van der Waals surface area contributed by atoms with Crippen LogP contribution in [0.4, 0.5) is 5.69 Å². The van der Waals surface area contributed by atoms with Gasteiger partial charge < -0.3 is 5.73 Å². The van der Waals surface area contributed by atoms with E-state index in [9.17, 15) is 4.79 Å². The lowest BCUT2D eigenvalue weighted by Gasteiger charge is -2.03. The van der Waals surface area contributed by atoms with E-state index in [-0.39, 0.29) is 5.78 Å². The van der Waals surface area contributed by atoms with Gasteiger partial charge in [-0.05, 0) is 52.7 Å². The van der Waals surface area contributed by atoms with Gasteiger partial charge in [-0.25, -0.2) is 0 Å². The molecule has 0 spiro atoms. The first kappa shape index (κ1) is 12.8. The average Bonchev–Trinajstić information content (AvgIpc) is 2.62. The zero-order valence-electron chi connectivity index (χ0n) is 8.96. The van der Waals surface area contributed by atoms with E-state index in [0.717, 1.165) is 13.8 Å². The van der Waals surface area contributed by atoms with Crippen molar-refractivity contribution >= 4 is 54.7 Å². The molecule has 2 nitrogen and oxygen atoms in total. The molecule has 88 valence electrons. The summed E-state index contributed by atoms with van der Waals surface area (Å²) in [5.41, 5.74) is 7.95. The van der Waals surface area contributed by atoms with E-state index in [1.54, 1.807) is 18.2 Å². The van der Waals surface area contributed by atoms with Crippen LogP contribution in [0.1, 0.15) is 20.8 Å². The lowest BCUT2D eigenvalue weighted by atomic mass is 10.1. The lowest BCUT2D eigenvalue weighted by molar-refractivity contribution is 0.104. The molecule has 17 heavy (non-hydrogen) atoms. The maximum atomic E-state index is 12.3. The van der Waals surface area contributed by atoms with Crippen LogP contribution in [0.5, 0.6) is 0 Å². The average molecular weight is 375 g/mol. The topological polar surface area (TPSA) is 43.1 Å². The molecular weight excluding hydrogens is 366 g/mol. The maximum absolute atomic E-state index is 12.3. The van der Waals surface area contributed by atoms with Gasteiger partial charge in [0.15, 0.2) is 0 Å². The SMILES string of the molecule is Cc1cc(C(=O)c2cc(N)ccc2Br)sc1Br. The van der Waals surface area contributed by atoms with Crippen molar-refractivity contribution in [1.82, 2.24) is 0 Å². The summed E-state index contributed by atoms with van der Waals surface area (Å²) in [5.74, 6) is -0.0111. The number of ketones is 1. The summed E-state index contributed by atoms with van der Waals surface area (Å²) in [6.45, 7) is 1.96. The highest BCUT2D eigenvalue weighted by Crippen LogP contribution is 2.31. The Hall–Kier alpha value is -0.650. The normalized spacial score (nSPS) is 10.5. The van der Waals surface area contributed by atoms with Crippen LogP contribution in [0.3, 0.4) is 0 Å². The highest BCUT2D eigenvalue weighted by Gasteiger charge is 2.16. The second-order valence-electron chi connectivity index (χ2n) is 3.64. The molecule has 1 aromatic carbocycles. The first-order valence-corrected chi connectivity index (χ1v) is 7.25. The van der Waals surface area contributed by atoms with Gasteiger partial charge in [-0.15, -0.1) is 11.3 Å². The summed E-state index contributed by atoms with van der Waals surface area (Å²) < 4.78 is 1.75. The smallest absolute Gasteiger partial charge is 0.204 e. The Morgan fingerprint density at radius 2 is 2.00 bits per heavy atom. The van der Waals surface area contributed by atoms with Gasteiger partial charge in [0.2, 0.25) is 5.78 Å². The van der Waals surface area contributed by atoms with Crippen molar-refractivity contribution in [3.05, 3.63) is 48.5 Å². The number of nitrogens with two attached hydrogens (primary N) is 1. The summed E-state index contributed by atoms with van der Waals surface area (Å²) in [7, 11) is 0. The van der Waals surface area contributed by atoms with Crippen LogP contribution in [-0.2, 0) is 0 Å². The first-order valence-electron chi connectivity index (χ1n) is 4.84. The Labute approximate surface area is 120 Å². The molecule has 0 saturated heterocycles. The fourth-order valence-corrected chi connectivity index (χ4v) is 3.34. The molecule has 0 bridgehead atoms. The Morgan fingerprint density at radius 1 is 1.29 bits per heavy atom. The van der Waals surface area contributed by atoms with Crippen molar-refractivity contribution in [3.63, 3.8) is 0 Å². The number of anilines is 1. The lowest BCUT2D eigenvalue weighted by Crippen LogP contribution is -2.01. The van der Waals surface area contributed by atoms with E-state index >= 15 is 0 Å². The van der Waals surface area contributed by atoms with E-state index in [1.165, 1.54) is 11.3 Å². The predicted octanol–water partition coefficient (Wildman–Crippen LogP) is 4.39. The van der Waals surface area contributed by atoms with Crippen LogP contribution < -0.4 is 5.73 Å². The number of thiophene rings is 1. The van der Waals surface area contributed by atoms with E-state index in [1.807, 2.05) is 13.0 Å². The van der Waals surface area contributed by atoms with Gasteiger partial charge in [0.25, 0.3) is 0 Å². The van der Waals surface area contributed by atoms with Gasteiger partial charge in [-0.3, -0.25) is 4.79 Å². The largest absolute Gasteiger partial charge is 0.399 e. The molecule has 0 aliphatic rings. The number of rotatable bonds is 2. The molecule has 1 aromatic heterocycles. The van der Waals surface area contributed by atoms with Crippen LogP contribution in [0.2, 0.25) is 0 Å². The molecule has 0 fully saturated rings. The predicted molar refractivity (Wildman–Crippen MR) is 78.7 cm³/mol. The minimum Gasteiger partial charge on any atom is -0.399 e. The molecule has 0 unspecified atom stereocenters. The van der Waals surface area contributed by atoms with E-state index in [0.29, 0.717) is 16.1 Å². The van der Waals surface area contributed by atoms with Crippen molar-refractivity contribution in [2.45, 2.75) is 6.92 Å². The van der Waals surface area contributed by atoms with Crippen LogP contribution >= 0.6 is 43.2 Å². The van der Waals surface area contributed by atoms with Gasteiger partial charge in [0.1, 0.15) is 0 Å². The zero-order chi connectivity index (χ0) is 12.6. The molecule has 0 atom stereocenters. The van der Waals surface area contributed by atoms with Crippen molar-refractivity contribution in [1.29, 1.82) is 0 Å². The maximum Gasteiger partial charge on any atom is 0.204 e. The molecule has 2 rings (SSSR count). The standard InChI is InChI=1S/C12H9Br2NOS/c1-6-4-10(17-12(6)14)11(16)8-5-7(15)2-3-9(8)13/h2-5H,15H2,1H3. The number of hydrogen-bond acceptors (Lipinski definition) is 3. The molecule has 0 amide bonds. The van der Waals surface area contributed by atoms with Gasteiger partial charge >= 0.3 is 0 Å². The van der Waals surface area contributed by atoms with Crippen LogP contribution in [0.15, 0.2) is 32.5 Å². The van der Waals surface area contributed by atoms with Gasteiger partial charge in [0.05, 0.1) is 8.66 Å². The van der Waals surface area contributed by atoms with Crippen LogP contribution in [0, 0.1) is 6.92 Å². The number of benzene rings is 1. The van der Waals surface area contributed by atoms with Crippen molar-refractivity contribution < 1.29 is 4.79 Å². The molecule has 2 aromatic rings. The fraction of sp³-hybridized carbons (Fsp3) is 0.0833. The first-order chi connectivity index (χ1) is 7.99. The summed E-state index contributed by atoms with van der Waals surface area (Å²) in [4.78, 5) is 13.0. The van der Waals surface area contributed by atoms with E-state index < -0.39 is 0 Å². The third kappa shape index (κ3) is 2.61. The summed E-state index contributed by atoms with van der Waals surface area (Å²) in [5, 5.41) is 0. The number of aryl methyl sites for hydroxylation is 1. The molecule has 0 radical (unpaired) electrons. The molecule has 2 N–H and O–H groups in total. The summed E-state index contributed by atoms with van der Waals surface area (Å²) in [6.07, 6.45) is 0. The molecule has 5 heteroatoms. The number of carbonyl (C=O) groups excluding carboxylic acids is 1. The molecule has 1 heterocycles. The number of halogens is 2. The molecule has 0 aliphatic heterocycles. The van der Waals surface area contributed by atoms with Gasteiger partial charge in [-0.2, -0.15) is 0 Å². The second kappa shape index (κ2) is 4.92. The Morgan fingerprint density at radius 3 is 2.59 bits per heavy atom. The summed E-state index contributed by atoms with van der Waals surface area (Å²) >= 11 is 8.23. The van der Waals surface area contributed by atoms with Gasteiger partial charge in [0, 0.05) is 15.7 Å². The Balaban J connectivity index is 2.47. The molecule has 0 saturated carbocycles. The third-order valence-corrected chi connectivity index (χ3v) is 5.14. The van der Waals surface area contributed by atoms with Crippen LogP contribution in [-0.4, -0.2) is 5.78 Å². The zero-order valence-corrected chi connectivity index (χ0v) is 12.9. The highest BCUT2D eigenvalue weighted by molar-refractivity contribution is 9.11. The molecular formula is C12H9Br2NOS. The quantitative estimate of drug-likeness (QED) is 0.625. The number of hydrogen-bond donors (Lipinski definition) is 1. The second-order valence-corrected chi connectivity index (χ2v) is 6.86. The minimum absolute atomic E-state index is 0.0111. The van der Waals surface area contributed by atoms with E-state index in [2.05, 4.69) is 31.9 Å². The van der Waals surface area contributed by atoms with Crippen molar-refractivity contribution in [2.75, 3.05) is 5.73 Å². The third-order valence-electron chi connectivity index (χ3n) is 2.32. The highest BCUT2D eigenvalue weighted by atomic mass is 79.9. The summed E-state index contributed by atoms with van der Waals surface area (Å²) in [6, 6.07) is 7.12. The Kier molecular flexibility index (Phi) is 3.70. The Bertz CT molecular complexity index is 573. The van der Waals surface area contributed by atoms with Crippen molar-refractivity contribution in [3.8, 4) is 0 Å². The van der Waals surface area contributed by atoms with Crippen molar-refractivity contribution in [2.24, 2.45) is 0 Å². The fourth-order valence-electron chi connectivity index (χ4n) is 1.42. The monoisotopic (exact) mass is 373 g/mol. The van der Waals surface area contributed by atoms with Crippen LogP contribution in [0.25, 0.3) is 0 Å². The minimum atomic E-state index is -0.0111. The number of carbonyl (C=O) groups is 1.